The van der Waals surface area contributed by atoms with Crippen molar-refractivity contribution in [3.8, 4) is 0 Å². The normalized spacial score (nSPS) is 13.9. The Hall–Kier alpha value is -3.42. The molecule has 0 aliphatic carbocycles. The topological polar surface area (TPSA) is 93.0 Å². The van der Waals surface area contributed by atoms with E-state index in [9.17, 15) is 19.7 Å². The minimum atomic E-state index is -0.751. The van der Waals surface area contributed by atoms with E-state index in [2.05, 4.69) is 4.90 Å². The Morgan fingerprint density at radius 1 is 1.07 bits per heavy atom. The Labute approximate surface area is 162 Å². The maximum absolute atomic E-state index is 12.3. The highest BCUT2D eigenvalue weighted by atomic mass is 16.6. The van der Waals surface area contributed by atoms with E-state index in [1.165, 1.54) is 18.2 Å². The molecule has 1 saturated heterocycles. The lowest BCUT2D eigenvalue weighted by atomic mass is 10.1. The Kier molecular flexibility index (Phi) is 5.88. The molecule has 28 heavy (non-hydrogen) atoms. The van der Waals surface area contributed by atoms with E-state index in [0.717, 1.165) is 5.69 Å². The van der Waals surface area contributed by atoms with Crippen LogP contribution in [0.5, 0.6) is 0 Å². The lowest BCUT2D eigenvalue weighted by Gasteiger charge is -2.36. The highest BCUT2D eigenvalue weighted by molar-refractivity contribution is 5.92. The van der Waals surface area contributed by atoms with Crippen molar-refractivity contribution in [2.45, 2.75) is 6.92 Å². The minimum absolute atomic E-state index is 0.0546. The molecule has 0 bridgehead atoms. The third kappa shape index (κ3) is 4.46. The standard InChI is InChI=1S/C20H21N3O5/c1-15-7-8-16(13-18(15)23(26)27)20(25)28-14-19(24)22-11-9-21(10-12-22)17-5-3-2-4-6-17/h2-8,13H,9-12,14H2,1H3. The van der Waals surface area contributed by atoms with Gasteiger partial charge in [-0.1, -0.05) is 24.3 Å². The maximum Gasteiger partial charge on any atom is 0.338 e. The summed E-state index contributed by atoms with van der Waals surface area (Å²) in [7, 11) is 0. The number of rotatable bonds is 5. The zero-order valence-electron chi connectivity index (χ0n) is 15.5. The van der Waals surface area contributed by atoms with Crippen LogP contribution in [-0.2, 0) is 9.53 Å². The molecule has 2 aromatic rings. The SMILES string of the molecule is Cc1ccc(C(=O)OCC(=O)N2CCN(c3ccccc3)CC2)cc1[N+](=O)[O-]. The average molecular weight is 383 g/mol. The van der Waals surface area contributed by atoms with Gasteiger partial charge in [-0.25, -0.2) is 4.79 Å². The van der Waals surface area contributed by atoms with Crippen LogP contribution in [0.3, 0.4) is 0 Å². The second kappa shape index (κ2) is 8.51. The largest absolute Gasteiger partial charge is 0.452 e. The first-order valence-electron chi connectivity index (χ1n) is 8.95. The molecule has 1 aliphatic rings. The Balaban J connectivity index is 1.51. The Morgan fingerprint density at radius 3 is 2.39 bits per heavy atom. The van der Waals surface area contributed by atoms with Gasteiger partial charge in [-0.05, 0) is 25.1 Å². The fraction of sp³-hybridized carbons (Fsp3) is 0.300. The predicted octanol–water partition coefficient (Wildman–Crippen LogP) is 2.41. The molecule has 0 aromatic heterocycles. The van der Waals surface area contributed by atoms with Gasteiger partial charge >= 0.3 is 5.97 Å². The smallest absolute Gasteiger partial charge is 0.338 e. The zero-order valence-corrected chi connectivity index (χ0v) is 15.5. The molecule has 2 aromatic carbocycles. The number of piperazine rings is 1. The third-order valence-electron chi connectivity index (χ3n) is 4.72. The molecular weight excluding hydrogens is 362 g/mol. The summed E-state index contributed by atoms with van der Waals surface area (Å²) in [6, 6.07) is 14.1. The van der Waals surface area contributed by atoms with E-state index in [0.29, 0.717) is 31.7 Å². The number of esters is 1. The van der Waals surface area contributed by atoms with Gasteiger partial charge in [0.1, 0.15) is 0 Å². The van der Waals surface area contributed by atoms with Crippen molar-refractivity contribution in [3.63, 3.8) is 0 Å². The van der Waals surface area contributed by atoms with Crippen LogP contribution in [0.2, 0.25) is 0 Å². The molecule has 0 spiro atoms. The monoisotopic (exact) mass is 383 g/mol. The van der Waals surface area contributed by atoms with Gasteiger partial charge in [0, 0.05) is 43.5 Å². The molecule has 0 unspecified atom stereocenters. The van der Waals surface area contributed by atoms with Crippen molar-refractivity contribution in [2.24, 2.45) is 0 Å². The number of para-hydroxylation sites is 1. The number of nitro benzene ring substituents is 1. The van der Waals surface area contributed by atoms with E-state index in [1.54, 1.807) is 11.8 Å². The number of ether oxygens (including phenoxy) is 1. The quantitative estimate of drug-likeness (QED) is 0.447. The number of nitro groups is 1. The van der Waals surface area contributed by atoms with Crippen LogP contribution in [0.1, 0.15) is 15.9 Å². The summed E-state index contributed by atoms with van der Waals surface area (Å²) in [4.78, 5) is 38.7. The number of nitrogens with zero attached hydrogens (tertiary/aromatic N) is 3. The summed E-state index contributed by atoms with van der Waals surface area (Å²) in [5.74, 6) is -1.03. The lowest BCUT2D eigenvalue weighted by Crippen LogP contribution is -2.49. The molecule has 3 rings (SSSR count). The zero-order chi connectivity index (χ0) is 20.1. The molecule has 0 N–H and O–H groups in total. The molecule has 1 amide bonds. The third-order valence-corrected chi connectivity index (χ3v) is 4.72. The number of hydrogen-bond acceptors (Lipinski definition) is 6. The van der Waals surface area contributed by atoms with Crippen molar-refractivity contribution in [3.05, 3.63) is 69.8 Å². The molecule has 0 saturated carbocycles. The van der Waals surface area contributed by atoms with Crippen molar-refractivity contribution >= 4 is 23.3 Å². The summed E-state index contributed by atoms with van der Waals surface area (Å²) >= 11 is 0. The molecule has 0 radical (unpaired) electrons. The molecular formula is C20H21N3O5. The number of anilines is 1. The van der Waals surface area contributed by atoms with Gasteiger partial charge < -0.3 is 14.5 Å². The summed E-state index contributed by atoms with van der Waals surface area (Å²) in [6.45, 7) is 3.70. The number of aryl methyl sites for hydroxylation is 1. The van der Waals surface area contributed by atoms with Gasteiger partial charge in [0.15, 0.2) is 6.61 Å². The minimum Gasteiger partial charge on any atom is -0.452 e. The van der Waals surface area contributed by atoms with Crippen LogP contribution in [0, 0.1) is 17.0 Å². The number of carbonyl (C=O) groups excluding carboxylic acids is 2. The van der Waals surface area contributed by atoms with Crippen LogP contribution in [0.25, 0.3) is 0 Å². The molecule has 1 fully saturated rings. The van der Waals surface area contributed by atoms with Gasteiger partial charge in [0.05, 0.1) is 10.5 Å². The van der Waals surface area contributed by atoms with E-state index in [4.69, 9.17) is 4.74 Å². The molecule has 8 heteroatoms. The van der Waals surface area contributed by atoms with Crippen LogP contribution in [-0.4, -0.2) is 54.5 Å². The van der Waals surface area contributed by atoms with Gasteiger partial charge in [-0.2, -0.15) is 0 Å². The second-order valence-corrected chi connectivity index (χ2v) is 6.54. The number of amides is 1. The van der Waals surface area contributed by atoms with E-state index >= 15 is 0 Å². The fourth-order valence-electron chi connectivity index (χ4n) is 3.09. The molecule has 1 aliphatic heterocycles. The summed E-state index contributed by atoms with van der Waals surface area (Å²) < 4.78 is 5.06. The van der Waals surface area contributed by atoms with Crippen molar-refractivity contribution in [1.82, 2.24) is 4.90 Å². The molecule has 8 nitrogen and oxygen atoms in total. The van der Waals surface area contributed by atoms with Gasteiger partial charge in [-0.15, -0.1) is 0 Å². The number of hydrogen-bond donors (Lipinski definition) is 0. The molecule has 0 atom stereocenters. The Bertz CT molecular complexity index is 877. The van der Waals surface area contributed by atoms with Crippen molar-refractivity contribution < 1.29 is 19.2 Å². The van der Waals surface area contributed by atoms with Gasteiger partial charge in [0.2, 0.25) is 0 Å². The van der Waals surface area contributed by atoms with Crippen LogP contribution in [0.4, 0.5) is 11.4 Å². The van der Waals surface area contributed by atoms with E-state index < -0.39 is 10.9 Å². The number of carbonyl (C=O) groups is 2. The predicted molar refractivity (Wildman–Crippen MR) is 103 cm³/mol. The van der Waals surface area contributed by atoms with Crippen LogP contribution in [0.15, 0.2) is 48.5 Å². The van der Waals surface area contributed by atoms with E-state index in [-0.39, 0.29) is 23.8 Å². The van der Waals surface area contributed by atoms with Crippen LogP contribution >= 0.6 is 0 Å². The number of benzene rings is 2. The second-order valence-electron chi connectivity index (χ2n) is 6.54. The average Bonchev–Trinajstić information content (AvgIpc) is 2.72. The van der Waals surface area contributed by atoms with Crippen LogP contribution < -0.4 is 4.90 Å². The van der Waals surface area contributed by atoms with Crippen molar-refractivity contribution in [2.75, 3.05) is 37.7 Å². The maximum atomic E-state index is 12.3. The first-order valence-corrected chi connectivity index (χ1v) is 8.95. The first kappa shape index (κ1) is 19.3. The highest BCUT2D eigenvalue weighted by Gasteiger charge is 2.23. The molecule has 1 heterocycles. The Morgan fingerprint density at radius 2 is 1.75 bits per heavy atom. The van der Waals surface area contributed by atoms with Crippen molar-refractivity contribution in [1.29, 1.82) is 0 Å². The van der Waals surface area contributed by atoms with Gasteiger partial charge in [0.25, 0.3) is 11.6 Å². The van der Waals surface area contributed by atoms with E-state index in [1.807, 2.05) is 30.3 Å². The molecule has 146 valence electrons. The fourth-order valence-corrected chi connectivity index (χ4v) is 3.09. The van der Waals surface area contributed by atoms with Gasteiger partial charge in [-0.3, -0.25) is 14.9 Å². The summed E-state index contributed by atoms with van der Waals surface area (Å²) in [6.07, 6.45) is 0. The highest BCUT2D eigenvalue weighted by Crippen LogP contribution is 2.20. The summed E-state index contributed by atoms with van der Waals surface area (Å²) in [5.41, 5.74) is 1.47. The first-order chi connectivity index (χ1) is 13.5. The summed E-state index contributed by atoms with van der Waals surface area (Å²) in [5, 5.41) is 11.0. The lowest BCUT2D eigenvalue weighted by molar-refractivity contribution is -0.385.